The van der Waals surface area contributed by atoms with Crippen LogP contribution in [-0.2, 0) is 10.0 Å². The predicted molar refractivity (Wildman–Crippen MR) is 83.2 cm³/mol. The molecule has 0 aliphatic carbocycles. The Labute approximate surface area is 128 Å². The summed E-state index contributed by atoms with van der Waals surface area (Å²) in [5, 5.41) is 1.01. The van der Waals surface area contributed by atoms with E-state index in [9.17, 15) is 8.42 Å². The highest BCUT2D eigenvalue weighted by molar-refractivity contribution is 7.92. The second-order valence-corrected chi connectivity index (χ2v) is 6.98. The van der Waals surface area contributed by atoms with Gasteiger partial charge in [-0.05, 0) is 55.3 Å². The quantitative estimate of drug-likeness (QED) is 0.906. The zero-order chi connectivity index (χ0) is 14.9. The molecule has 0 unspecified atom stereocenters. The number of sulfonamides is 1. The number of halogens is 2. The minimum atomic E-state index is -3.67. The molecule has 3 nitrogen and oxygen atoms in total. The first-order valence-corrected chi connectivity index (χ1v) is 8.08. The van der Waals surface area contributed by atoms with Gasteiger partial charge in [0.2, 0.25) is 0 Å². The predicted octanol–water partition coefficient (Wildman–Crippen LogP) is 4.41. The van der Waals surface area contributed by atoms with Crippen LogP contribution in [0.2, 0.25) is 10.0 Å². The molecule has 0 saturated heterocycles. The summed E-state index contributed by atoms with van der Waals surface area (Å²) < 4.78 is 27.3. The van der Waals surface area contributed by atoms with Crippen molar-refractivity contribution in [2.75, 3.05) is 4.72 Å². The highest BCUT2D eigenvalue weighted by Crippen LogP contribution is 2.26. The van der Waals surface area contributed by atoms with Gasteiger partial charge in [0, 0.05) is 10.0 Å². The molecule has 0 amide bonds. The van der Waals surface area contributed by atoms with E-state index in [1.54, 1.807) is 50.2 Å². The Morgan fingerprint density at radius 2 is 1.70 bits per heavy atom. The summed E-state index contributed by atoms with van der Waals surface area (Å²) in [6.45, 7) is 3.47. The molecule has 0 spiro atoms. The minimum Gasteiger partial charge on any atom is -0.280 e. The molecular weight excluding hydrogens is 317 g/mol. The molecule has 0 aliphatic rings. The summed E-state index contributed by atoms with van der Waals surface area (Å²) in [4.78, 5) is 0.208. The number of benzene rings is 2. The van der Waals surface area contributed by atoms with Crippen LogP contribution in [0, 0.1) is 13.8 Å². The molecule has 2 rings (SSSR count). The number of rotatable bonds is 3. The van der Waals surface area contributed by atoms with Crippen molar-refractivity contribution in [3.63, 3.8) is 0 Å². The van der Waals surface area contributed by atoms with Crippen LogP contribution >= 0.6 is 23.2 Å². The van der Waals surface area contributed by atoms with Crippen LogP contribution < -0.4 is 4.72 Å². The molecule has 0 aliphatic heterocycles. The normalized spacial score (nSPS) is 11.4. The van der Waals surface area contributed by atoms with Crippen molar-refractivity contribution in [2.45, 2.75) is 18.7 Å². The van der Waals surface area contributed by atoms with Gasteiger partial charge in [-0.2, -0.15) is 0 Å². The van der Waals surface area contributed by atoms with E-state index in [0.717, 1.165) is 0 Å². The van der Waals surface area contributed by atoms with E-state index in [2.05, 4.69) is 4.72 Å². The molecule has 0 atom stereocenters. The Hall–Kier alpha value is -1.23. The van der Waals surface area contributed by atoms with Gasteiger partial charge in [-0.1, -0.05) is 29.3 Å². The molecule has 6 heteroatoms. The van der Waals surface area contributed by atoms with Crippen molar-refractivity contribution < 1.29 is 8.42 Å². The Morgan fingerprint density at radius 3 is 2.35 bits per heavy atom. The first-order valence-electron chi connectivity index (χ1n) is 5.85. The maximum absolute atomic E-state index is 12.4. The molecule has 20 heavy (non-hydrogen) atoms. The van der Waals surface area contributed by atoms with Gasteiger partial charge >= 0.3 is 0 Å². The van der Waals surface area contributed by atoms with E-state index in [0.29, 0.717) is 26.9 Å². The molecule has 0 radical (unpaired) electrons. The van der Waals surface area contributed by atoms with Crippen molar-refractivity contribution in [2.24, 2.45) is 0 Å². The van der Waals surface area contributed by atoms with E-state index < -0.39 is 10.0 Å². The molecule has 0 saturated carbocycles. The molecule has 1 N–H and O–H groups in total. The lowest BCUT2D eigenvalue weighted by Crippen LogP contribution is -2.14. The molecule has 2 aromatic rings. The number of hydrogen-bond donors (Lipinski definition) is 1. The van der Waals surface area contributed by atoms with Gasteiger partial charge in [-0.15, -0.1) is 0 Å². The maximum Gasteiger partial charge on any atom is 0.262 e. The lowest BCUT2D eigenvalue weighted by atomic mass is 10.2. The van der Waals surface area contributed by atoms with Gasteiger partial charge in [0.25, 0.3) is 10.0 Å². The molecule has 0 fully saturated rings. The summed E-state index contributed by atoms with van der Waals surface area (Å²) >= 11 is 11.8. The Balaban J connectivity index is 2.43. The van der Waals surface area contributed by atoms with Gasteiger partial charge in [0.1, 0.15) is 0 Å². The molecule has 106 valence electrons. The van der Waals surface area contributed by atoms with Crippen LogP contribution in [0.25, 0.3) is 0 Å². The number of nitrogens with one attached hydrogen (secondary N) is 1. The van der Waals surface area contributed by atoms with Crippen LogP contribution in [0.5, 0.6) is 0 Å². The first-order chi connectivity index (χ1) is 9.29. The Bertz CT molecular complexity index is 758. The highest BCUT2D eigenvalue weighted by atomic mass is 35.5. The second kappa shape index (κ2) is 5.64. The second-order valence-electron chi connectivity index (χ2n) is 4.48. The van der Waals surface area contributed by atoms with E-state index in [4.69, 9.17) is 23.2 Å². The van der Waals surface area contributed by atoms with Crippen molar-refractivity contribution in [3.05, 3.63) is 57.6 Å². The largest absolute Gasteiger partial charge is 0.280 e. The van der Waals surface area contributed by atoms with E-state index in [1.165, 1.54) is 0 Å². The summed E-state index contributed by atoms with van der Waals surface area (Å²) in [5.74, 6) is 0. The van der Waals surface area contributed by atoms with Crippen molar-refractivity contribution >= 4 is 38.9 Å². The standard InChI is InChI=1S/C14H13Cl2NO2S/c1-9-7-14(10(2)6-13(9)16)20(18,19)17-12-5-3-4-11(15)8-12/h3-8,17H,1-2H3. The van der Waals surface area contributed by atoms with E-state index in [-0.39, 0.29) is 4.90 Å². The number of hydrogen-bond acceptors (Lipinski definition) is 2. The first kappa shape index (κ1) is 15.2. The van der Waals surface area contributed by atoms with Crippen LogP contribution in [0.3, 0.4) is 0 Å². The molecule has 0 heterocycles. The topological polar surface area (TPSA) is 46.2 Å². The van der Waals surface area contributed by atoms with Crippen LogP contribution in [0.15, 0.2) is 41.3 Å². The third kappa shape index (κ3) is 3.26. The fourth-order valence-corrected chi connectivity index (χ4v) is 3.58. The SMILES string of the molecule is Cc1cc(S(=O)(=O)Nc2cccc(Cl)c2)c(C)cc1Cl. The lowest BCUT2D eigenvalue weighted by molar-refractivity contribution is 0.600. The summed E-state index contributed by atoms with van der Waals surface area (Å²) in [5.41, 5.74) is 1.73. The van der Waals surface area contributed by atoms with Gasteiger partial charge in [-0.25, -0.2) is 8.42 Å². The average Bonchev–Trinajstić information content (AvgIpc) is 2.33. The van der Waals surface area contributed by atoms with Gasteiger partial charge in [0.05, 0.1) is 10.6 Å². The third-order valence-corrected chi connectivity index (χ3v) is 4.99. The van der Waals surface area contributed by atoms with Crippen LogP contribution in [0.4, 0.5) is 5.69 Å². The number of aryl methyl sites for hydroxylation is 2. The average molecular weight is 330 g/mol. The van der Waals surface area contributed by atoms with Crippen LogP contribution in [-0.4, -0.2) is 8.42 Å². The zero-order valence-corrected chi connectivity index (χ0v) is 13.3. The summed E-state index contributed by atoms with van der Waals surface area (Å²) in [6, 6.07) is 9.75. The molecule has 0 bridgehead atoms. The number of anilines is 1. The Morgan fingerprint density at radius 1 is 1.00 bits per heavy atom. The van der Waals surface area contributed by atoms with Crippen molar-refractivity contribution in [3.8, 4) is 0 Å². The smallest absolute Gasteiger partial charge is 0.262 e. The lowest BCUT2D eigenvalue weighted by Gasteiger charge is -2.12. The fourth-order valence-electron chi connectivity index (χ4n) is 1.81. The zero-order valence-electron chi connectivity index (χ0n) is 10.9. The third-order valence-electron chi connectivity index (χ3n) is 2.82. The van der Waals surface area contributed by atoms with Crippen molar-refractivity contribution in [1.82, 2.24) is 0 Å². The van der Waals surface area contributed by atoms with Gasteiger partial charge in [-0.3, -0.25) is 4.72 Å². The van der Waals surface area contributed by atoms with Gasteiger partial charge in [0.15, 0.2) is 0 Å². The van der Waals surface area contributed by atoms with E-state index in [1.807, 2.05) is 0 Å². The van der Waals surface area contributed by atoms with E-state index >= 15 is 0 Å². The molecule has 2 aromatic carbocycles. The minimum absolute atomic E-state index is 0.208. The molecular formula is C14H13Cl2NO2S. The molecule has 0 aromatic heterocycles. The summed E-state index contributed by atoms with van der Waals surface area (Å²) in [7, 11) is -3.67. The maximum atomic E-state index is 12.4. The highest BCUT2D eigenvalue weighted by Gasteiger charge is 2.18. The summed E-state index contributed by atoms with van der Waals surface area (Å²) in [6.07, 6.45) is 0. The van der Waals surface area contributed by atoms with Crippen molar-refractivity contribution in [1.29, 1.82) is 0 Å². The fraction of sp³-hybridized carbons (Fsp3) is 0.143. The Kier molecular flexibility index (Phi) is 4.28. The van der Waals surface area contributed by atoms with Crippen LogP contribution in [0.1, 0.15) is 11.1 Å². The van der Waals surface area contributed by atoms with Gasteiger partial charge < -0.3 is 0 Å². The monoisotopic (exact) mass is 329 g/mol.